The summed E-state index contributed by atoms with van der Waals surface area (Å²) in [5, 5.41) is 7.15. The average molecular weight is 265 g/mol. The minimum absolute atomic E-state index is 0.0316. The highest BCUT2D eigenvalue weighted by Gasteiger charge is 2.13. The molecule has 0 bridgehead atoms. The van der Waals surface area contributed by atoms with Crippen molar-refractivity contribution in [2.45, 2.75) is 9.79 Å². The van der Waals surface area contributed by atoms with Crippen LogP contribution in [0.4, 0.5) is 8.78 Å². The van der Waals surface area contributed by atoms with Gasteiger partial charge in [0.05, 0.1) is 4.90 Å². The highest BCUT2D eigenvalue weighted by molar-refractivity contribution is 7.99. The molecule has 0 aliphatic rings. The van der Waals surface area contributed by atoms with Gasteiger partial charge in [-0.3, -0.25) is 10.4 Å². The summed E-state index contributed by atoms with van der Waals surface area (Å²) in [4.78, 5) is 4.38. The Bertz CT molecular complexity index is 564. The second-order valence-corrected chi connectivity index (χ2v) is 4.55. The molecule has 6 heteroatoms. The molecule has 2 rings (SSSR count). The van der Waals surface area contributed by atoms with Gasteiger partial charge in [-0.1, -0.05) is 11.8 Å². The van der Waals surface area contributed by atoms with Crippen LogP contribution >= 0.6 is 11.8 Å². The lowest BCUT2D eigenvalue weighted by molar-refractivity contribution is 0.540. The predicted molar refractivity (Wildman–Crippen MR) is 65.7 cm³/mol. The molecular formula is C12H9F2N3S. The molecule has 3 nitrogen and oxygen atoms in total. The van der Waals surface area contributed by atoms with Crippen LogP contribution in [0, 0.1) is 17.0 Å². The third kappa shape index (κ3) is 2.65. The molecule has 0 aliphatic heterocycles. The predicted octanol–water partition coefficient (Wildman–Crippen LogP) is 2.80. The minimum Gasteiger partial charge on any atom is -0.384 e. The molecule has 0 saturated carbocycles. The second-order valence-electron chi connectivity index (χ2n) is 3.47. The number of hydrogen-bond donors (Lipinski definition) is 2. The first-order valence-corrected chi connectivity index (χ1v) is 5.81. The van der Waals surface area contributed by atoms with E-state index in [1.54, 1.807) is 24.5 Å². The normalized spacial score (nSPS) is 10.3. The molecule has 0 amide bonds. The summed E-state index contributed by atoms with van der Waals surface area (Å²) in [5.41, 5.74) is 5.22. The van der Waals surface area contributed by atoms with E-state index in [9.17, 15) is 8.78 Å². The first-order chi connectivity index (χ1) is 8.58. The molecule has 0 radical (unpaired) electrons. The van der Waals surface area contributed by atoms with E-state index < -0.39 is 11.6 Å². The maximum Gasteiger partial charge on any atom is 0.140 e. The number of nitrogens with one attached hydrogen (secondary N) is 1. The van der Waals surface area contributed by atoms with Crippen LogP contribution in [0.5, 0.6) is 0 Å². The van der Waals surface area contributed by atoms with Gasteiger partial charge in [0.25, 0.3) is 0 Å². The van der Waals surface area contributed by atoms with Crippen LogP contribution in [0.2, 0.25) is 0 Å². The van der Waals surface area contributed by atoms with Gasteiger partial charge in [-0.05, 0) is 24.3 Å². The molecule has 18 heavy (non-hydrogen) atoms. The van der Waals surface area contributed by atoms with Crippen LogP contribution < -0.4 is 5.73 Å². The van der Waals surface area contributed by atoms with Gasteiger partial charge >= 0.3 is 0 Å². The van der Waals surface area contributed by atoms with E-state index in [-0.39, 0.29) is 16.3 Å². The summed E-state index contributed by atoms with van der Waals surface area (Å²) in [5.74, 6) is -1.84. The fourth-order valence-electron chi connectivity index (χ4n) is 1.34. The molecule has 0 spiro atoms. The van der Waals surface area contributed by atoms with Gasteiger partial charge in [-0.15, -0.1) is 0 Å². The number of nitrogen functional groups attached to an aromatic ring is 1. The van der Waals surface area contributed by atoms with Crippen LogP contribution in [0.3, 0.4) is 0 Å². The van der Waals surface area contributed by atoms with Gasteiger partial charge in [0.15, 0.2) is 0 Å². The number of pyridine rings is 1. The van der Waals surface area contributed by atoms with Crippen molar-refractivity contribution in [2.75, 3.05) is 0 Å². The fraction of sp³-hybridized carbons (Fsp3) is 0. The van der Waals surface area contributed by atoms with E-state index in [0.29, 0.717) is 4.90 Å². The van der Waals surface area contributed by atoms with Gasteiger partial charge in [0, 0.05) is 22.9 Å². The van der Waals surface area contributed by atoms with E-state index in [4.69, 9.17) is 11.1 Å². The first kappa shape index (κ1) is 12.5. The van der Waals surface area contributed by atoms with Gasteiger partial charge in [0.1, 0.15) is 17.5 Å². The van der Waals surface area contributed by atoms with Crippen molar-refractivity contribution in [3.63, 3.8) is 0 Å². The van der Waals surface area contributed by atoms with Crippen molar-refractivity contribution in [3.8, 4) is 0 Å². The van der Waals surface area contributed by atoms with E-state index in [1.807, 2.05) is 0 Å². The van der Waals surface area contributed by atoms with Gasteiger partial charge in [-0.25, -0.2) is 8.78 Å². The lowest BCUT2D eigenvalue weighted by Gasteiger charge is -2.07. The lowest BCUT2D eigenvalue weighted by Crippen LogP contribution is -2.12. The molecule has 92 valence electrons. The van der Waals surface area contributed by atoms with Crippen molar-refractivity contribution < 1.29 is 8.78 Å². The Kier molecular flexibility index (Phi) is 3.57. The van der Waals surface area contributed by atoms with E-state index in [1.165, 1.54) is 0 Å². The Morgan fingerprint density at radius 3 is 2.22 bits per heavy atom. The zero-order chi connectivity index (χ0) is 13.1. The molecule has 0 aliphatic carbocycles. The summed E-state index contributed by atoms with van der Waals surface area (Å²) in [6, 6.07) is 5.41. The smallest absolute Gasteiger partial charge is 0.140 e. The van der Waals surface area contributed by atoms with Gasteiger partial charge in [-0.2, -0.15) is 0 Å². The third-order valence-corrected chi connectivity index (χ3v) is 3.28. The lowest BCUT2D eigenvalue weighted by atomic mass is 10.2. The number of nitrogens with two attached hydrogens (primary N) is 1. The highest BCUT2D eigenvalue weighted by atomic mass is 32.2. The summed E-state index contributed by atoms with van der Waals surface area (Å²) in [6.45, 7) is 0. The van der Waals surface area contributed by atoms with Crippen molar-refractivity contribution in [3.05, 3.63) is 53.9 Å². The Labute approximate surface area is 107 Å². The molecule has 0 fully saturated rings. The van der Waals surface area contributed by atoms with Crippen LogP contribution in [0.25, 0.3) is 0 Å². The second kappa shape index (κ2) is 5.14. The molecule has 0 atom stereocenters. The van der Waals surface area contributed by atoms with Gasteiger partial charge < -0.3 is 5.73 Å². The monoisotopic (exact) mass is 265 g/mol. The molecule has 2 aromatic rings. The third-order valence-electron chi connectivity index (χ3n) is 2.18. The molecule has 3 N–H and O–H groups in total. The van der Waals surface area contributed by atoms with Crippen LogP contribution in [-0.4, -0.2) is 10.8 Å². The largest absolute Gasteiger partial charge is 0.384 e. The zero-order valence-corrected chi connectivity index (χ0v) is 9.97. The Balaban J connectivity index is 2.37. The van der Waals surface area contributed by atoms with Gasteiger partial charge in [0.2, 0.25) is 0 Å². The summed E-state index contributed by atoms with van der Waals surface area (Å²) < 4.78 is 27.5. The molecular weight excluding hydrogens is 256 g/mol. The SMILES string of the molecule is N=C(N)c1cc(F)c(Sc2ccncc2)c(F)c1. The molecule has 0 saturated heterocycles. The number of benzene rings is 1. The number of aromatic nitrogens is 1. The van der Waals surface area contributed by atoms with Crippen molar-refractivity contribution in [1.29, 1.82) is 5.41 Å². The summed E-state index contributed by atoms with van der Waals surface area (Å²) in [7, 11) is 0. The Hall–Kier alpha value is -1.95. The fourth-order valence-corrected chi connectivity index (χ4v) is 2.14. The minimum atomic E-state index is -0.734. The number of hydrogen-bond acceptors (Lipinski definition) is 3. The summed E-state index contributed by atoms with van der Waals surface area (Å²) in [6.07, 6.45) is 3.09. The molecule has 1 aromatic carbocycles. The number of rotatable bonds is 3. The van der Waals surface area contributed by atoms with Crippen molar-refractivity contribution in [2.24, 2.45) is 5.73 Å². The van der Waals surface area contributed by atoms with E-state index in [2.05, 4.69) is 4.98 Å². The standard InChI is InChI=1S/C12H9F2N3S/c13-9-5-7(12(15)16)6-10(14)11(9)18-8-1-3-17-4-2-8/h1-6H,(H3,15,16). The number of halogens is 2. The van der Waals surface area contributed by atoms with Crippen molar-refractivity contribution >= 4 is 17.6 Å². The van der Waals surface area contributed by atoms with E-state index >= 15 is 0 Å². The van der Waals surface area contributed by atoms with Crippen LogP contribution in [0.15, 0.2) is 46.5 Å². The first-order valence-electron chi connectivity index (χ1n) is 4.99. The average Bonchev–Trinajstić information content (AvgIpc) is 2.34. The summed E-state index contributed by atoms with van der Waals surface area (Å²) >= 11 is 0.960. The Morgan fingerprint density at radius 1 is 1.17 bits per heavy atom. The van der Waals surface area contributed by atoms with E-state index in [0.717, 1.165) is 23.9 Å². The quantitative estimate of drug-likeness (QED) is 0.662. The Morgan fingerprint density at radius 2 is 1.72 bits per heavy atom. The van der Waals surface area contributed by atoms with Crippen LogP contribution in [-0.2, 0) is 0 Å². The van der Waals surface area contributed by atoms with Crippen LogP contribution in [0.1, 0.15) is 5.56 Å². The topological polar surface area (TPSA) is 62.8 Å². The highest BCUT2D eigenvalue weighted by Crippen LogP contribution is 2.32. The maximum atomic E-state index is 13.7. The molecule has 0 unspecified atom stereocenters. The maximum absolute atomic E-state index is 13.7. The zero-order valence-electron chi connectivity index (χ0n) is 9.15. The van der Waals surface area contributed by atoms with Crippen molar-refractivity contribution in [1.82, 2.24) is 4.98 Å². The molecule has 1 aromatic heterocycles. The molecule has 1 heterocycles. The number of amidine groups is 1. The number of nitrogens with zero attached hydrogens (tertiary/aromatic N) is 1.